The van der Waals surface area contributed by atoms with Crippen molar-refractivity contribution in [2.75, 3.05) is 18.5 Å². The van der Waals surface area contributed by atoms with Gasteiger partial charge in [-0.2, -0.15) is 0 Å². The molecule has 8 heteroatoms. The van der Waals surface area contributed by atoms with Crippen molar-refractivity contribution in [2.24, 2.45) is 0 Å². The largest absolute Gasteiger partial charge is 0.482 e. The average Bonchev–Trinajstić information content (AvgIpc) is 2.67. The Hall–Kier alpha value is -3.32. The van der Waals surface area contributed by atoms with Crippen molar-refractivity contribution >= 4 is 40.1 Å². The van der Waals surface area contributed by atoms with Crippen LogP contribution >= 0.6 is 11.6 Å². The van der Waals surface area contributed by atoms with Gasteiger partial charge in [0.05, 0.1) is 10.7 Å². The first-order valence-corrected chi connectivity index (χ1v) is 9.50. The van der Waals surface area contributed by atoms with Crippen molar-refractivity contribution in [1.29, 1.82) is 0 Å². The van der Waals surface area contributed by atoms with E-state index in [-0.39, 0.29) is 0 Å². The predicted molar refractivity (Wildman–Crippen MR) is 113 cm³/mol. The van der Waals surface area contributed by atoms with Crippen LogP contribution in [0.15, 0.2) is 45.6 Å². The van der Waals surface area contributed by atoms with Crippen molar-refractivity contribution in [3.05, 3.63) is 68.5 Å². The Labute approximate surface area is 177 Å². The summed E-state index contributed by atoms with van der Waals surface area (Å²) in [7, 11) is 0. The zero-order valence-electron chi connectivity index (χ0n) is 16.7. The highest BCUT2D eigenvalue weighted by molar-refractivity contribution is 6.34. The number of nitrogens with one attached hydrogen (secondary N) is 1. The summed E-state index contributed by atoms with van der Waals surface area (Å²) in [5.74, 6) is -0.900. The lowest BCUT2D eigenvalue weighted by Crippen LogP contribution is -2.24. The molecule has 0 saturated heterocycles. The Kier molecular flexibility index (Phi) is 6.42. The number of hydrogen-bond donors (Lipinski definition) is 1. The topological polar surface area (TPSA) is 94.8 Å². The third kappa shape index (κ3) is 5.18. The van der Waals surface area contributed by atoms with Crippen LogP contribution in [0.5, 0.6) is 5.75 Å². The predicted octanol–water partition coefficient (Wildman–Crippen LogP) is 3.93. The Bertz CT molecular complexity index is 1160. The third-order valence-corrected chi connectivity index (χ3v) is 4.64. The van der Waals surface area contributed by atoms with Gasteiger partial charge in [0.1, 0.15) is 11.3 Å². The van der Waals surface area contributed by atoms with E-state index in [9.17, 15) is 14.4 Å². The molecule has 0 unspecified atom stereocenters. The highest BCUT2D eigenvalue weighted by Gasteiger charge is 2.13. The molecule has 0 atom stereocenters. The van der Waals surface area contributed by atoms with Gasteiger partial charge in [-0.05, 0) is 55.7 Å². The Morgan fingerprint density at radius 2 is 1.80 bits per heavy atom. The van der Waals surface area contributed by atoms with E-state index in [1.165, 1.54) is 12.1 Å². The Morgan fingerprint density at radius 1 is 1.03 bits per heavy atom. The van der Waals surface area contributed by atoms with Gasteiger partial charge in [0, 0.05) is 17.5 Å². The van der Waals surface area contributed by atoms with Crippen molar-refractivity contribution in [1.82, 2.24) is 0 Å². The average molecular weight is 430 g/mol. The summed E-state index contributed by atoms with van der Waals surface area (Å²) in [5, 5.41) is 3.82. The Morgan fingerprint density at radius 3 is 2.53 bits per heavy atom. The number of carbonyl (C=O) groups is 2. The summed E-state index contributed by atoms with van der Waals surface area (Å²) in [4.78, 5) is 35.5. The number of benzene rings is 2. The maximum atomic E-state index is 12.1. The van der Waals surface area contributed by atoms with Gasteiger partial charge >= 0.3 is 11.6 Å². The van der Waals surface area contributed by atoms with E-state index < -0.39 is 30.7 Å². The molecule has 0 aliphatic rings. The van der Waals surface area contributed by atoms with Crippen molar-refractivity contribution in [2.45, 2.75) is 20.8 Å². The van der Waals surface area contributed by atoms with E-state index in [1.807, 2.05) is 19.9 Å². The smallest absolute Gasteiger partial charge is 0.344 e. The highest BCUT2D eigenvalue weighted by atomic mass is 35.5. The first-order chi connectivity index (χ1) is 14.2. The van der Waals surface area contributed by atoms with Crippen LogP contribution < -0.4 is 15.7 Å². The standard InChI is InChI=1S/C22H20ClNO6/c1-12-6-14(3)22(17(23)7-12)24-19(25)10-29-21(27)11-28-15-4-5-16-13(2)8-20(26)30-18(16)9-15/h4-9H,10-11H2,1-3H3,(H,24,25). The van der Waals surface area contributed by atoms with Gasteiger partial charge in [0.15, 0.2) is 13.2 Å². The van der Waals surface area contributed by atoms with Crippen LogP contribution in [0.25, 0.3) is 11.0 Å². The summed E-state index contributed by atoms with van der Waals surface area (Å²) < 4.78 is 15.4. The van der Waals surface area contributed by atoms with E-state index in [2.05, 4.69) is 5.32 Å². The number of halogens is 1. The second-order valence-electron chi connectivity index (χ2n) is 6.84. The lowest BCUT2D eigenvalue weighted by Gasteiger charge is -2.12. The van der Waals surface area contributed by atoms with E-state index in [4.69, 9.17) is 25.5 Å². The zero-order valence-corrected chi connectivity index (χ0v) is 17.5. The molecule has 3 aromatic rings. The molecule has 30 heavy (non-hydrogen) atoms. The molecule has 1 N–H and O–H groups in total. The van der Waals surface area contributed by atoms with Gasteiger partial charge in [0.2, 0.25) is 0 Å². The summed E-state index contributed by atoms with van der Waals surface area (Å²) in [6.45, 7) is 4.64. The fourth-order valence-electron chi connectivity index (χ4n) is 2.97. The number of amides is 1. The molecule has 0 aliphatic carbocycles. The van der Waals surface area contributed by atoms with Gasteiger partial charge in [-0.3, -0.25) is 4.79 Å². The molecule has 1 aromatic heterocycles. The van der Waals surface area contributed by atoms with E-state index in [0.717, 1.165) is 22.1 Å². The number of carbonyl (C=O) groups excluding carboxylic acids is 2. The van der Waals surface area contributed by atoms with E-state index in [0.29, 0.717) is 22.0 Å². The van der Waals surface area contributed by atoms with Crippen LogP contribution in [0.3, 0.4) is 0 Å². The molecule has 156 valence electrons. The molecule has 0 radical (unpaired) electrons. The fourth-order valence-corrected chi connectivity index (χ4v) is 3.34. The number of esters is 1. The minimum absolute atomic E-state index is 0.333. The Balaban J connectivity index is 1.53. The van der Waals surface area contributed by atoms with Gasteiger partial charge in [-0.25, -0.2) is 9.59 Å². The lowest BCUT2D eigenvalue weighted by molar-refractivity contribution is -0.149. The van der Waals surface area contributed by atoms with Crippen LogP contribution in [0.1, 0.15) is 16.7 Å². The lowest BCUT2D eigenvalue weighted by atomic mass is 10.1. The maximum Gasteiger partial charge on any atom is 0.344 e. The van der Waals surface area contributed by atoms with E-state index in [1.54, 1.807) is 25.1 Å². The molecule has 2 aromatic carbocycles. The molecular weight excluding hydrogens is 410 g/mol. The van der Waals surface area contributed by atoms with Crippen LogP contribution in [-0.4, -0.2) is 25.1 Å². The van der Waals surface area contributed by atoms with Crippen LogP contribution in [0.4, 0.5) is 5.69 Å². The van der Waals surface area contributed by atoms with Crippen LogP contribution in [0, 0.1) is 20.8 Å². The molecular formula is C22H20ClNO6. The molecule has 0 aliphatic heterocycles. The zero-order chi connectivity index (χ0) is 21.8. The molecule has 3 rings (SSSR count). The quantitative estimate of drug-likeness (QED) is 0.471. The number of ether oxygens (including phenoxy) is 2. The van der Waals surface area contributed by atoms with Gasteiger partial charge in [0.25, 0.3) is 5.91 Å². The second kappa shape index (κ2) is 9.00. The van der Waals surface area contributed by atoms with Crippen molar-refractivity contribution < 1.29 is 23.5 Å². The third-order valence-electron chi connectivity index (χ3n) is 4.34. The maximum absolute atomic E-state index is 12.1. The summed E-state index contributed by atoms with van der Waals surface area (Å²) in [5.41, 5.74) is 2.93. The normalized spacial score (nSPS) is 10.7. The molecule has 0 saturated carbocycles. The first kappa shape index (κ1) is 21.4. The minimum Gasteiger partial charge on any atom is -0.482 e. The van der Waals surface area contributed by atoms with Crippen LogP contribution in [0.2, 0.25) is 5.02 Å². The van der Waals surface area contributed by atoms with E-state index >= 15 is 0 Å². The molecule has 0 fully saturated rings. The monoisotopic (exact) mass is 429 g/mol. The van der Waals surface area contributed by atoms with Gasteiger partial charge < -0.3 is 19.2 Å². The molecule has 0 spiro atoms. The second-order valence-corrected chi connectivity index (χ2v) is 7.25. The summed E-state index contributed by atoms with van der Waals surface area (Å²) in [6.07, 6.45) is 0. The van der Waals surface area contributed by atoms with Crippen molar-refractivity contribution in [3.8, 4) is 5.75 Å². The molecule has 1 amide bonds. The number of aryl methyl sites for hydroxylation is 3. The summed E-state index contributed by atoms with van der Waals surface area (Å²) in [6, 6.07) is 9.92. The minimum atomic E-state index is -0.720. The fraction of sp³-hybridized carbons (Fsp3) is 0.227. The number of rotatable bonds is 6. The van der Waals surface area contributed by atoms with Crippen molar-refractivity contribution in [3.63, 3.8) is 0 Å². The number of fused-ring (bicyclic) bond motifs is 1. The van der Waals surface area contributed by atoms with Gasteiger partial charge in [-0.1, -0.05) is 17.7 Å². The number of hydrogen-bond acceptors (Lipinski definition) is 6. The SMILES string of the molecule is Cc1cc(C)c(NC(=O)COC(=O)COc2ccc3c(C)cc(=O)oc3c2)c(Cl)c1. The molecule has 0 bridgehead atoms. The molecule has 1 heterocycles. The molecule has 7 nitrogen and oxygen atoms in total. The highest BCUT2D eigenvalue weighted by Crippen LogP contribution is 2.27. The van der Waals surface area contributed by atoms with Gasteiger partial charge in [-0.15, -0.1) is 0 Å². The summed E-state index contributed by atoms with van der Waals surface area (Å²) >= 11 is 6.15. The van der Waals surface area contributed by atoms with Crippen LogP contribution in [-0.2, 0) is 14.3 Å². The number of anilines is 1. The first-order valence-electron chi connectivity index (χ1n) is 9.12.